The van der Waals surface area contributed by atoms with E-state index in [1.807, 2.05) is 19.9 Å². The number of rotatable bonds is 5. The van der Waals surface area contributed by atoms with Crippen LogP contribution in [0.15, 0.2) is 36.4 Å². The zero-order chi connectivity index (χ0) is 24.0. The fourth-order valence-corrected chi connectivity index (χ4v) is 5.91. The summed E-state index contributed by atoms with van der Waals surface area (Å²) in [7, 11) is 1.79. The van der Waals surface area contributed by atoms with Crippen LogP contribution in [0, 0.1) is 24.2 Å². The number of ether oxygens (including phenoxy) is 1. The third-order valence-electron chi connectivity index (χ3n) is 7.50. The van der Waals surface area contributed by atoms with Crippen molar-refractivity contribution in [2.75, 3.05) is 26.7 Å². The van der Waals surface area contributed by atoms with Crippen molar-refractivity contribution in [2.45, 2.75) is 57.8 Å². The molecule has 0 radical (unpaired) electrons. The molecule has 1 aliphatic carbocycles. The van der Waals surface area contributed by atoms with Gasteiger partial charge in [0.15, 0.2) is 0 Å². The number of nitriles is 1. The molecule has 0 amide bonds. The first-order valence-corrected chi connectivity index (χ1v) is 12.3. The van der Waals surface area contributed by atoms with Gasteiger partial charge >= 0.3 is 0 Å². The topological polar surface area (TPSA) is 74.3 Å². The molecule has 0 saturated carbocycles. The van der Waals surface area contributed by atoms with Crippen molar-refractivity contribution in [2.24, 2.45) is 5.92 Å². The number of piperidine rings is 1. The molecule has 0 bridgehead atoms. The minimum Gasteiger partial charge on any atom is -0.383 e. The van der Waals surface area contributed by atoms with Crippen molar-refractivity contribution in [1.29, 1.82) is 5.26 Å². The zero-order valence-electron chi connectivity index (χ0n) is 20.6. The number of imidazole rings is 1. The highest BCUT2D eigenvalue weighted by molar-refractivity contribution is 5.77. The van der Waals surface area contributed by atoms with Gasteiger partial charge in [0.25, 0.3) is 0 Å². The lowest BCUT2D eigenvalue weighted by Gasteiger charge is -2.40. The molecular formula is C28H34N4O2. The molecule has 1 aliphatic heterocycles. The Labute approximate surface area is 201 Å². The molecule has 2 aromatic carbocycles. The fraction of sp³-hybridized carbons (Fsp3) is 0.500. The smallest absolute Gasteiger partial charge is 0.141 e. The summed E-state index contributed by atoms with van der Waals surface area (Å²) < 4.78 is 8.28. The van der Waals surface area contributed by atoms with Gasteiger partial charge < -0.3 is 19.3 Å². The van der Waals surface area contributed by atoms with Crippen LogP contribution in [0.5, 0.6) is 0 Å². The van der Waals surface area contributed by atoms with Gasteiger partial charge in [-0.25, -0.2) is 4.98 Å². The minimum atomic E-state index is -1.04. The summed E-state index contributed by atoms with van der Waals surface area (Å²) in [5, 5.41) is 20.2. The van der Waals surface area contributed by atoms with Crippen LogP contribution in [0.1, 0.15) is 54.4 Å². The molecule has 3 atom stereocenters. The highest BCUT2D eigenvalue weighted by atomic mass is 16.5. The number of benzene rings is 2. The third kappa shape index (κ3) is 4.24. The van der Waals surface area contributed by atoms with E-state index in [0.717, 1.165) is 61.1 Å². The van der Waals surface area contributed by atoms with Crippen molar-refractivity contribution >= 4 is 11.0 Å². The summed E-state index contributed by atoms with van der Waals surface area (Å²) >= 11 is 0. The van der Waals surface area contributed by atoms with Gasteiger partial charge in [0.05, 0.1) is 34.8 Å². The summed E-state index contributed by atoms with van der Waals surface area (Å²) in [5.41, 5.74) is 5.58. The summed E-state index contributed by atoms with van der Waals surface area (Å²) in [4.78, 5) is 7.38. The fourth-order valence-electron chi connectivity index (χ4n) is 5.91. The number of hydrogen-bond donors (Lipinski definition) is 1. The predicted octanol–water partition coefficient (Wildman–Crippen LogP) is 4.12. The molecule has 178 valence electrons. The molecule has 2 heterocycles. The van der Waals surface area contributed by atoms with Crippen LogP contribution in [-0.4, -0.2) is 52.4 Å². The Morgan fingerprint density at radius 3 is 2.71 bits per heavy atom. The molecule has 1 N–H and O–H groups in total. The van der Waals surface area contributed by atoms with Crippen LogP contribution in [0.3, 0.4) is 0 Å². The number of aryl methyl sites for hydroxylation is 1. The monoisotopic (exact) mass is 458 g/mol. The molecule has 3 aromatic rings. The van der Waals surface area contributed by atoms with Gasteiger partial charge in [0, 0.05) is 26.7 Å². The Morgan fingerprint density at radius 2 is 1.97 bits per heavy atom. The number of aliphatic hydroxyl groups is 1. The number of nitrogens with zero attached hydrogens (tertiary/aromatic N) is 4. The van der Waals surface area contributed by atoms with Crippen LogP contribution < -0.4 is 0 Å². The van der Waals surface area contributed by atoms with Crippen molar-refractivity contribution in [3.63, 3.8) is 0 Å². The number of hydrogen-bond acceptors (Lipinski definition) is 5. The first kappa shape index (κ1) is 23.0. The summed E-state index contributed by atoms with van der Waals surface area (Å²) in [6.07, 6.45) is 3.07. The molecule has 34 heavy (non-hydrogen) atoms. The molecule has 1 saturated heterocycles. The second-order valence-electron chi connectivity index (χ2n) is 10.6. The van der Waals surface area contributed by atoms with Crippen molar-refractivity contribution in [1.82, 2.24) is 14.5 Å². The molecule has 6 heteroatoms. The van der Waals surface area contributed by atoms with E-state index in [0.29, 0.717) is 11.7 Å². The maximum Gasteiger partial charge on any atom is 0.141 e. The van der Waals surface area contributed by atoms with Crippen molar-refractivity contribution < 1.29 is 9.84 Å². The Bertz CT molecular complexity index is 1250. The van der Waals surface area contributed by atoms with Crippen molar-refractivity contribution in [3.05, 3.63) is 64.5 Å². The average Bonchev–Trinajstić information content (AvgIpc) is 3.38. The van der Waals surface area contributed by atoms with Gasteiger partial charge in [-0.1, -0.05) is 12.1 Å². The SMILES string of the molecule is CO[C@H]1CN(CC2Cc3ccc(C#N)cc3C2)CC[C@@H]1n1c(C(C)(C)O)nc2cc(C)ccc21. The molecule has 1 aromatic heterocycles. The van der Waals surface area contributed by atoms with E-state index in [-0.39, 0.29) is 12.1 Å². The second-order valence-corrected chi connectivity index (χ2v) is 10.6. The highest BCUT2D eigenvalue weighted by Crippen LogP contribution is 2.36. The molecule has 6 nitrogen and oxygen atoms in total. The van der Waals surface area contributed by atoms with E-state index < -0.39 is 5.60 Å². The second kappa shape index (κ2) is 8.81. The Morgan fingerprint density at radius 1 is 1.18 bits per heavy atom. The first-order valence-electron chi connectivity index (χ1n) is 12.3. The van der Waals surface area contributed by atoms with Crippen LogP contribution in [0.2, 0.25) is 0 Å². The molecule has 1 fully saturated rings. The number of likely N-dealkylation sites (tertiary alicyclic amines) is 1. The largest absolute Gasteiger partial charge is 0.383 e. The molecule has 2 aliphatic rings. The minimum absolute atomic E-state index is 0.0162. The maximum atomic E-state index is 10.9. The molecule has 5 rings (SSSR count). The Kier molecular flexibility index (Phi) is 5.97. The van der Waals surface area contributed by atoms with Crippen LogP contribution >= 0.6 is 0 Å². The summed E-state index contributed by atoms with van der Waals surface area (Å²) in [5.74, 6) is 1.27. The number of aromatic nitrogens is 2. The van der Waals surface area contributed by atoms with Crippen LogP contribution in [-0.2, 0) is 23.2 Å². The van der Waals surface area contributed by atoms with Gasteiger partial charge in [-0.3, -0.25) is 0 Å². The lowest BCUT2D eigenvalue weighted by Crippen LogP contribution is -2.47. The van der Waals surface area contributed by atoms with Gasteiger partial charge in [-0.15, -0.1) is 0 Å². The van der Waals surface area contributed by atoms with E-state index in [2.05, 4.69) is 52.8 Å². The van der Waals surface area contributed by atoms with E-state index in [9.17, 15) is 10.4 Å². The van der Waals surface area contributed by atoms with Gasteiger partial charge in [0.1, 0.15) is 11.4 Å². The average molecular weight is 459 g/mol. The van der Waals surface area contributed by atoms with E-state index in [1.165, 1.54) is 11.1 Å². The Balaban J connectivity index is 1.35. The van der Waals surface area contributed by atoms with E-state index in [1.54, 1.807) is 7.11 Å². The molecular weight excluding hydrogens is 424 g/mol. The predicted molar refractivity (Wildman–Crippen MR) is 133 cm³/mol. The third-order valence-corrected chi connectivity index (χ3v) is 7.50. The summed E-state index contributed by atoms with van der Waals surface area (Å²) in [6, 6.07) is 14.8. The Hall–Kier alpha value is -2.72. The van der Waals surface area contributed by atoms with Crippen LogP contribution in [0.4, 0.5) is 0 Å². The normalized spacial score (nSPS) is 23.2. The molecule has 1 unspecified atom stereocenters. The van der Waals surface area contributed by atoms with E-state index >= 15 is 0 Å². The van der Waals surface area contributed by atoms with Crippen LogP contribution in [0.25, 0.3) is 11.0 Å². The van der Waals surface area contributed by atoms with E-state index in [4.69, 9.17) is 9.72 Å². The summed E-state index contributed by atoms with van der Waals surface area (Å²) in [6.45, 7) is 8.56. The highest BCUT2D eigenvalue weighted by Gasteiger charge is 2.37. The quantitative estimate of drug-likeness (QED) is 0.623. The van der Waals surface area contributed by atoms with Gasteiger partial charge in [-0.2, -0.15) is 5.26 Å². The number of fused-ring (bicyclic) bond motifs is 2. The standard InChI is InChI=1S/C28H34N4O2/c1-18-5-8-24-23(11-18)30-27(28(2,3)33)32(24)25-9-10-31(17-26(25)34-4)16-20-13-21-7-6-19(15-29)12-22(21)14-20/h5-8,11-12,20,25-26,33H,9-10,13-14,16-17H2,1-4H3/t20?,25-,26-/m0/s1. The number of methoxy groups -OCH3 is 1. The molecule has 0 spiro atoms. The zero-order valence-corrected chi connectivity index (χ0v) is 20.6. The van der Waals surface area contributed by atoms with Crippen molar-refractivity contribution in [3.8, 4) is 6.07 Å². The van der Waals surface area contributed by atoms with Gasteiger partial charge in [-0.05, 0) is 86.9 Å². The first-order chi connectivity index (χ1) is 16.3. The lowest BCUT2D eigenvalue weighted by molar-refractivity contribution is -0.0151. The lowest BCUT2D eigenvalue weighted by atomic mass is 9.97. The van der Waals surface area contributed by atoms with Gasteiger partial charge in [0.2, 0.25) is 0 Å². The maximum absolute atomic E-state index is 10.9.